The molecule has 0 spiro atoms. The van der Waals surface area contributed by atoms with Gasteiger partial charge < -0.3 is 5.11 Å². The Morgan fingerprint density at radius 3 is 2.60 bits per heavy atom. The minimum Gasteiger partial charge on any atom is -0.478 e. The average Bonchev–Trinajstić information content (AvgIpc) is 2.56. The lowest BCUT2D eigenvalue weighted by Crippen LogP contribution is -2.02. The molecule has 0 bridgehead atoms. The zero-order chi connectivity index (χ0) is 11.4. The van der Waals surface area contributed by atoms with E-state index in [1.54, 1.807) is 0 Å². The third kappa shape index (κ3) is 2.41. The third-order valence-corrected chi connectivity index (χ3v) is 4.43. The number of carboxylic acid groups (broad SMARTS) is 1. The van der Waals surface area contributed by atoms with Gasteiger partial charge in [-0.15, -0.1) is 23.1 Å². The smallest absolute Gasteiger partial charge is 0.337 e. The van der Waals surface area contributed by atoms with Crippen molar-refractivity contribution < 1.29 is 14.7 Å². The fourth-order valence-electron chi connectivity index (χ4n) is 1.30. The van der Waals surface area contributed by atoms with Crippen LogP contribution in [0.2, 0.25) is 0 Å². The van der Waals surface area contributed by atoms with Crippen molar-refractivity contribution in [2.24, 2.45) is 0 Å². The summed E-state index contributed by atoms with van der Waals surface area (Å²) in [7, 11) is 0. The van der Waals surface area contributed by atoms with Gasteiger partial charge in [-0.25, -0.2) is 4.79 Å². The molecule has 1 heterocycles. The number of carbonyl (C=O) groups is 2. The second-order valence-corrected chi connectivity index (χ2v) is 5.45. The molecule has 0 aliphatic rings. The molecule has 1 rings (SSSR count). The van der Waals surface area contributed by atoms with Crippen molar-refractivity contribution in [3.8, 4) is 0 Å². The van der Waals surface area contributed by atoms with Crippen molar-refractivity contribution in [3.63, 3.8) is 0 Å². The van der Waals surface area contributed by atoms with Crippen LogP contribution < -0.4 is 0 Å². The maximum atomic E-state index is 11.0. The Labute approximate surface area is 96.5 Å². The van der Waals surface area contributed by atoms with E-state index in [1.165, 1.54) is 23.1 Å². The van der Waals surface area contributed by atoms with E-state index in [9.17, 15) is 9.59 Å². The molecule has 3 nitrogen and oxygen atoms in total. The van der Waals surface area contributed by atoms with Gasteiger partial charge in [0.15, 0.2) is 6.29 Å². The zero-order valence-corrected chi connectivity index (χ0v) is 10.2. The molecule has 15 heavy (non-hydrogen) atoms. The van der Waals surface area contributed by atoms with Crippen molar-refractivity contribution in [3.05, 3.63) is 16.0 Å². The van der Waals surface area contributed by atoms with E-state index in [0.29, 0.717) is 18.3 Å². The Hall–Kier alpha value is -0.810. The molecule has 0 radical (unpaired) electrons. The number of thioether (sulfide) groups is 1. The van der Waals surface area contributed by atoms with Crippen molar-refractivity contribution >= 4 is 35.4 Å². The van der Waals surface area contributed by atoms with E-state index >= 15 is 0 Å². The monoisotopic (exact) mass is 244 g/mol. The number of aryl methyl sites for hydroxylation is 1. The fourth-order valence-corrected chi connectivity index (χ4v) is 3.69. The first-order valence-corrected chi connectivity index (χ1v) is 6.42. The lowest BCUT2D eigenvalue weighted by atomic mass is 10.1. The standard InChI is InChI=1S/C10H12O3S2/c1-3-7-8(9(12)13)6(5-11)10(15-7)14-4-2/h5H,3-4H2,1-2H3,(H,12,13). The highest BCUT2D eigenvalue weighted by atomic mass is 32.2. The SMILES string of the molecule is CCSc1sc(CC)c(C(=O)O)c1C=O. The summed E-state index contributed by atoms with van der Waals surface area (Å²) in [5.74, 6) is -0.169. The molecule has 1 N–H and O–H groups in total. The van der Waals surface area contributed by atoms with Crippen LogP contribution in [0.1, 0.15) is 39.4 Å². The van der Waals surface area contributed by atoms with Gasteiger partial charge in [0, 0.05) is 4.88 Å². The van der Waals surface area contributed by atoms with Crippen molar-refractivity contribution in [2.75, 3.05) is 5.75 Å². The summed E-state index contributed by atoms with van der Waals surface area (Å²) < 4.78 is 0.821. The molecule has 5 heteroatoms. The number of aromatic carboxylic acids is 1. The maximum absolute atomic E-state index is 11.0. The molecular formula is C10H12O3S2. The minimum atomic E-state index is -1.01. The topological polar surface area (TPSA) is 54.4 Å². The van der Waals surface area contributed by atoms with Crippen LogP contribution in [0.25, 0.3) is 0 Å². The number of hydrogen-bond acceptors (Lipinski definition) is 4. The highest BCUT2D eigenvalue weighted by Gasteiger charge is 2.21. The Morgan fingerprint density at radius 2 is 2.20 bits per heavy atom. The second-order valence-electron chi connectivity index (χ2n) is 2.81. The van der Waals surface area contributed by atoms with Crippen LogP contribution in [-0.4, -0.2) is 23.1 Å². The van der Waals surface area contributed by atoms with Crippen LogP contribution >= 0.6 is 23.1 Å². The molecule has 0 atom stereocenters. The Balaban J connectivity index is 3.31. The lowest BCUT2D eigenvalue weighted by Gasteiger charge is -1.96. The Kier molecular flexibility index (Phi) is 4.35. The van der Waals surface area contributed by atoms with Crippen molar-refractivity contribution in [1.82, 2.24) is 0 Å². The van der Waals surface area contributed by atoms with E-state index in [1.807, 2.05) is 13.8 Å². The van der Waals surface area contributed by atoms with Gasteiger partial charge >= 0.3 is 5.97 Å². The quantitative estimate of drug-likeness (QED) is 0.639. The van der Waals surface area contributed by atoms with Gasteiger partial charge in [0.1, 0.15) is 0 Å². The number of aldehydes is 1. The van der Waals surface area contributed by atoms with Crippen LogP contribution in [0, 0.1) is 0 Å². The van der Waals surface area contributed by atoms with Crippen LogP contribution in [0.5, 0.6) is 0 Å². The summed E-state index contributed by atoms with van der Waals surface area (Å²) in [6.07, 6.45) is 1.30. The summed E-state index contributed by atoms with van der Waals surface area (Å²) >= 11 is 2.93. The Morgan fingerprint density at radius 1 is 1.53 bits per heavy atom. The molecule has 0 aromatic carbocycles. The van der Waals surface area contributed by atoms with Gasteiger partial charge in [-0.2, -0.15) is 0 Å². The van der Waals surface area contributed by atoms with Crippen LogP contribution in [0.15, 0.2) is 4.21 Å². The predicted molar refractivity (Wildman–Crippen MR) is 62.4 cm³/mol. The molecule has 0 fully saturated rings. The summed E-state index contributed by atoms with van der Waals surface area (Å²) in [5.41, 5.74) is 0.532. The van der Waals surface area contributed by atoms with E-state index in [-0.39, 0.29) is 5.56 Å². The molecule has 0 saturated carbocycles. The Bertz CT molecular complexity index is 382. The van der Waals surface area contributed by atoms with Crippen molar-refractivity contribution in [1.29, 1.82) is 0 Å². The van der Waals surface area contributed by atoms with Gasteiger partial charge in [0.05, 0.1) is 15.3 Å². The number of hydrogen-bond donors (Lipinski definition) is 1. The summed E-state index contributed by atoms with van der Waals surface area (Å²) in [5, 5.41) is 9.03. The van der Waals surface area contributed by atoms with Crippen LogP contribution in [0.3, 0.4) is 0 Å². The molecule has 0 amide bonds. The highest BCUT2D eigenvalue weighted by molar-refractivity contribution is 8.01. The molecule has 0 saturated heterocycles. The predicted octanol–water partition coefficient (Wildman–Crippen LogP) is 2.93. The highest BCUT2D eigenvalue weighted by Crippen LogP contribution is 2.35. The number of carbonyl (C=O) groups excluding carboxylic acids is 1. The van der Waals surface area contributed by atoms with E-state index in [0.717, 1.165) is 14.8 Å². The van der Waals surface area contributed by atoms with E-state index in [2.05, 4.69) is 0 Å². The molecule has 1 aromatic heterocycles. The first-order valence-electron chi connectivity index (χ1n) is 4.62. The molecule has 0 unspecified atom stereocenters. The molecule has 0 aliphatic heterocycles. The molecule has 0 aliphatic carbocycles. The summed E-state index contributed by atoms with van der Waals surface area (Å²) in [6, 6.07) is 0. The maximum Gasteiger partial charge on any atom is 0.337 e. The molecule has 82 valence electrons. The van der Waals surface area contributed by atoms with Gasteiger partial charge in [-0.3, -0.25) is 4.79 Å². The van der Waals surface area contributed by atoms with Crippen molar-refractivity contribution in [2.45, 2.75) is 24.5 Å². The zero-order valence-electron chi connectivity index (χ0n) is 8.57. The van der Waals surface area contributed by atoms with Gasteiger partial charge in [0.25, 0.3) is 0 Å². The number of thiophene rings is 1. The van der Waals surface area contributed by atoms with Gasteiger partial charge in [-0.1, -0.05) is 13.8 Å². The molecule has 1 aromatic rings. The summed E-state index contributed by atoms with van der Waals surface area (Å²) in [6.45, 7) is 3.87. The van der Waals surface area contributed by atoms with Crippen LogP contribution in [0.4, 0.5) is 0 Å². The van der Waals surface area contributed by atoms with Gasteiger partial charge in [-0.05, 0) is 12.2 Å². The van der Waals surface area contributed by atoms with Gasteiger partial charge in [0.2, 0.25) is 0 Å². The average molecular weight is 244 g/mol. The fraction of sp³-hybridized carbons (Fsp3) is 0.400. The third-order valence-electron chi connectivity index (χ3n) is 1.91. The van der Waals surface area contributed by atoms with Crippen LogP contribution in [-0.2, 0) is 6.42 Å². The second kappa shape index (κ2) is 5.32. The summed E-state index contributed by atoms with van der Waals surface area (Å²) in [4.78, 5) is 22.7. The van der Waals surface area contributed by atoms with E-state index < -0.39 is 5.97 Å². The largest absolute Gasteiger partial charge is 0.478 e. The number of carboxylic acids is 1. The number of rotatable bonds is 5. The normalized spacial score (nSPS) is 10.3. The minimum absolute atomic E-state index is 0.188. The van der Waals surface area contributed by atoms with E-state index in [4.69, 9.17) is 5.11 Å². The first-order chi connectivity index (χ1) is 7.15. The first kappa shape index (κ1) is 12.3. The lowest BCUT2D eigenvalue weighted by molar-refractivity contribution is 0.0693. The molecular weight excluding hydrogens is 232 g/mol.